The molecule has 1 aromatic heterocycles. The van der Waals surface area contributed by atoms with Crippen molar-refractivity contribution in [2.24, 2.45) is 10.7 Å². The van der Waals surface area contributed by atoms with Crippen molar-refractivity contribution in [3.05, 3.63) is 24.4 Å². The van der Waals surface area contributed by atoms with Gasteiger partial charge >= 0.3 is 0 Å². The van der Waals surface area contributed by atoms with Crippen LogP contribution in [0.5, 0.6) is 0 Å². The van der Waals surface area contributed by atoms with Gasteiger partial charge in [0, 0.05) is 50.4 Å². The van der Waals surface area contributed by atoms with Crippen molar-refractivity contribution in [1.82, 2.24) is 20.0 Å². The first-order valence-corrected chi connectivity index (χ1v) is 8.19. The number of aromatic amines is 1. The topological polar surface area (TPSA) is 97.4 Å². The van der Waals surface area contributed by atoms with Crippen LogP contribution in [0.4, 0.5) is 5.82 Å². The summed E-state index contributed by atoms with van der Waals surface area (Å²) in [5.41, 5.74) is 7.14. The van der Waals surface area contributed by atoms with Gasteiger partial charge in [-0.15, -0.1) is 6.58 Å². The largest absolute Gasteiger partial charge is 0.387 e. The minimum absolute atomic E-state index is 0.368. The average molecular weight is 315 g/mol. The minimum atomic E-state index is 0.368. The second-order valence-corrected chi connectivity index (χ2v) is 6.26. The normalized spacial score (nSPS) is 19.8. The predicted octanol–water partition coefficient (Wildman–Crippen LogP) is 1.45. The monoisotopic (exact) mass is 315 g/mol. The van der Waals surface area contributed by atoms with Gasteiger partial charge < -0.3 is 10.6 Å². The van der Waals surface area contributed by atoms with Gasteiger partial charge in [0.25, 0.3) is 0 Å². The molecule has 23 heavy (non-hydrogen) atoms. The molecule has 0 radical (unpaired) electrons. The average Bonchev–Trinajstić information content (AvgIpc) is 3.28. The van der Waals surface area contributed by atoms with E-state index in [2.05, 4.69) is 31.6 Å². The summed E-state index contributed by atoms with van der Waals surface area (Å²) in [6, 6.07) is 1.96. The summed E-state index contributed by atoms with van der Waals surface area (Å²) < 4.78 is 0. The summed E-state index contributed by atoms with van der Waals surface area (Å²) in [4.78, 5) is 8.73. The molecule has 1 aliphatic heterocycles. The van der Waals surface area contributed by atoms with Crippen LogP contribution in [-0.4, -0.2) is 64.4 Å². The third-order valence-electron chi connectivity index (χ3n) is 4.35. The zero-order valence-electron chi connectivity index (χ0n) is 13.5. The molecular weight excluding hydrogens is 290 g/mol. The first-order valence-electron chi connectivity index (χ1n) is 8.19. The highest BCUT2D eigenvalue weighted by Crippen LogP contribution is 2.39. The highest BCUT2D eigenvalue weighted by Gasteiger charge is 2.25. The van der Waals surface area contributed by atoms with Crippen LogP contribution in [0.15, 0.2) is 23.7 Å². The number of rotatable bonds is 6. The van der Waals surface area contributed by atoms with E-state index in [-0.39, 0.29) is 0 Å². The van der Waals surface area contributed by atoms with Crippen molar-refractivity contribution in [3.8, 4) is 0 Å². The van der Waals surface area contributed by atoms with Gasteiger partial charge in [0.05, 0.1) is 6.42 Å². The van der Waals surface area contributed by atoms with Gasteiger partial charge in [0.1, 0.15) is 11.7 Å². The smallest absolute Gasteiger partial charge is 0.175 e. The van der Waals surface area contributed by atoms with Crippen molar-refractivity contribution in [2.45, 2.75) is 25.2 Å². The zero-order chi connectivity index (χ0) is 16.2. The van der Waals surface area contributed by atoms with Crippen molar-refractivity contribution in [3.63, 3.8) is 0 Å². The van der Waals surface area contributed by atoms with Crippen molar-refractivity contribution < 1.29 is 0 Å². The number of H-pyrrole nitrogens is 1. The van der Waals surface area contributed by atoms with E-state index in [1.165, 1.54) is 12.8 Å². The first-order chi connectivity index (χ1) is 11.2. The minimum Gasteiger partial charge on any atom is -0.387 e. The summed E-state index contributed by atoms with van der Waals surface area (Å²) >= 11 is 0. The Hall–Kier alpha value is -2.15. The SMILES string of the molecule is C=CCN1CCN(C(=N)CC(N)=Nc2cc(C3CC3)[nH]n2)CC1. The van der Waals surface area contributed by atoms with Gasteiger partial charge in [0.15, 0.2) is 5.82 Å². The third-order valence-corrected chi connectivity index (χ3v) is 4.35. The Bertz CT molecular complexity index is 591. The number of nitrogens with one attached hydrogen (secondary N) is 2. The van der Waals surface area contributed by atoms with Gasteiger partial charge in [-0.1, -0.05) is 6.08 Å². The number of hydrogen-bond acceptors (Lipinski definition) is 4. The molecule has 2 fully saturated rings. The van der Waals surface area contributed by atoms with E-state index < -0.39 is 0 Å². The molecule has 0 unspecified atom stereocenters. The van der Waals surface area contributed by atoms with E-state index in [1.54, 1.807) is 0 Å². The summed E-state index contributed by atoms with van der Waals surface area (Å²) in [6.07, 6.45) is 4.74. The Morgan fingerprint density at radius 1 is 1.43 bits per heavy atom. The molecule has 7 heteroatoms. The predicted molar refractivity (Wildman–Crippen MR) is 92.4 cm³/mol. The van der Waals surface area contributed by atoms with Crippen LogP contribution in [0.25, 0.3) is 0 Å². The van der Waals surface area contributed by atoms with E-state index >= 15 is 0 Å². The summed E-state index contributed by atoms with van der Waals surface area (Å²) in [5, 5.41) is 15.4. The van der Waals surface area contributed by atoms with Crippen molar-refractivity contribution >= 4 is 17.5 Å². The molecule has 3 rings (SSSR count). The van der Waals surface area contributed by atoms with E-state index in [9.17, 15) is 0 Å². The maximum atomic E-state index is 8.23. The molecule has 0 atom stereocenters. The van der Waals surface area contributed by atoms with Crippen LogP contribution in [0, 0.1) is 5.41 Å². The van der Waals surface area contributed by atoms with E-state index in [0.717, 1.165) is 38.4 Å². The van der Waals surface area contributed by atoms with Crippen LogP contribution in [-0.2, 0) is 0 Å². The molecule has 0 amide bonds. The van der Waals surface area contributed by atoms with Gasteiger partial charge in [-0.2, -0.15) is 5.10 Å². The molecular formula is C16H25N7. The Kier molecular flexibility index (Phi) is 4.76. The molecule has 124 valence electrons. The Morgan fingerprint density at radius 3 is 2.83 bits per heavy atom. The third kappa shape index (κ3) is 4.19. The number of amidine groups is 2. The van der Waals surface area contributed by atoms with Crippen LogP contribution >= 0.6 is 0 Å². The lowest BCUT2D eigenvalue weighted by Gasteiger charge is -2.35. The lowest BCUT2D eigenvalue weighted by atomic mass is 10.2. The standard InChI is InChI=1S/C16H25N7/c1-2-5-22-6-8-23(9-7-22)15(18)11-14(17)19-16-10-13(20-21-16)12-3-4-12/h2,10,12,18H,1,3-9,11H2,(H3,17,19,20,21). The molecule has 0 spiro atoms. The van der Waals surface area contributed by atoms with Gasteiger partial charge in [-0.25, -0.2) is 4.99 Å². The zero-order valence-corrected chi connectivity index (χ0v) is 13.5. The lowest BCUT2D eigenvalue weighted by molar-refractivity contribution is 0.196. The van der Waals surface area contributed by atoms with E-state index in [0.29, 0.717) is 29.8 Å². The number of nitrogens with zero attached hydrogens (tertiary/aromatic N) is 4. The highest BCUT2D eigenvalue weighted by atomic mass is 15.3. The molecule has 4 N–H and O–H groups in total. The molecule has 1 aromatic rings. The van der Waals surface area contributed by atoms with E-state index in [1.807, 2.05) is 12.1 Å². The second-order valence-electron chi connectivity index (χ2n) is 6.26. The fraction of sp³-hybridized carbons (Fsp3) is 0.562. The van der Waals surface area contributed by atoms with Crippen LogP contribution in [0.1, 0.15) is 30.9 Å². The molecule has 0 bridgehead atoms. The van der Waals surface area contributed by atoms with Gasteiger partial charge in [-0.3, -0.25) is 15.4 Å². The summed E-state index contributed by atoms with van der Waals surface area (Å²) in [5.74, 6) is 2.21. The van der Waals surface area contributed by atoms with E-state index in [4.69, 9.17) is 11.1 Å². The molecule has 2 heterocycles. The second kappa shape index (κ2) is 6.95. The van der Waals surface area contributed by atoms with Gasteiger partial charge in [-0.05, 0) is 12.8 Å². The molecule has 1 saturated heterocycles. The van der Waals surface area contributed by atoms with Crippen molar-refractivity contribution in [2.75, 3.05) is 32.7 Å². The van der Waals surface area contributed by atoms with Gasteiger partial charge in [0.2, 0.25) is 0 Å². The fourth-order valence-corrected chi connectivity index (χ4v) is 2.84. The summed E-state index contributed by atoms with van der Waals surface area (Å²) in [7, 11) is 0. The summed E-state index contributed by atoms with van der Waals surface area (Å²) in [6.45, 7) is 8.29. The van der Waals surface area contributed by atoms with Crippen LogP contribution in [0.3, 0.4) is 0 Å². The number of aliphatic imine (C=N–C) groups is 1. The Balaban J connectivity index is 1.50. The fourth-order valence-electron chi connectivity index (χ4n) is 2.84. The maximum absolute atomic E-state index is 8.23. The molecule has 1 saturated carbocycles. The maximum Gasteiger partial charge on any atom is 0.175 e. The number of aromatic nitrogens is 2. The molecule has 2 aliphatic rings. The van der Waals surface area contributed by atoms with Crippen LogP contribution < -0.4 is 5.73 Å². The van der Waals surface area contributed by atoms with Crippen molar-refractivity contribution in [1.29, 1.82) is 5.41 Å². The number of hydrogen-bond donors (Lipinski definition) is 3. The number of piperazine rings is 1. The molecule has 7 nitrogen and oxygen atoms in total. The molecule has 1 aliphatic carbocycles. The molecule has 0 aromatic carbocycles. The van der Waals surface area contributed by atoms with Crippen LogP contribution in [0.2, 0.25) is 0 Å². The quantitative estimate of drug-likeness (QED) is 0.420. The lowest BCUT2D eigenvalue weighted by Crippen LogP contribution is -2.49. The first kappa shape index (κ1) is 15.7. The Labute approximate surface area is 136 Å². The Morgan fingerprint density at radius 2 is 2.17 bits per heavy atom. The highest BCUT2D eigenvalue weighted by molar-refractivity contribution is 6.01. The number of nitrogens with two attached hydrogens (primary N) is 1.